The number of ether oxygens (including phenoxy) is 1. The van der Waals surface area contributed by atoms with Gasteiger partial charge in [-0.15, -0.1) is 0 Å². The Bertz CT molecular complexity index is 838. The van der Waals surface area contributed by atoms with Crippen LogP contribution in [0.5, 0.6) is 5.75 Å². The van der Waals surface area contributed by atoms with Gasteiger partial charge < -0.3 is 10.1 Å². The minimum absolute atomic E-state index is 0.178. The summed E-state index contributed by atoms with van der Waals surface area (Å²) in [4.78, 5) is 12.6. The molecule has 26 heavy (non-hydrogen) atoms. The number of benzene rings is 2. The molecule has 7 heteroatoms. The van der Waals surface area contributed by atoms with Crippen molar-refractivity contribution in [3.63, 3.8) is 0 Å². The number of anilines is 1. The first-order valence-corrected chi connectivity index (χ1v) is 10.2. The molecule has 0 fully saturated rings. The van der Waals surface area contributed by atoms with E-state index in [0.717, 1.165) is 16.1 Å². The number of hydrogen-bond acceptors (Lipinski definition) is 4. The van der Waals surface area contributed by atoms with Crippen LogP contribution in [0.15, 0.2) is 54.6 Å². The second-order valence-corrected chi connectivity index (χ2v) is 7.79. The highest BCUT2D eigenvalue weighted by atomic mass is 32.2. The first-order valence-electron chi connectivity index (χ1n) is 8.31. The van der Waals surface area contributed by atoms with Crippen LogP contribution in [0.4, 0.5) is 5.69 Å². The van der Waals surface area contributed by atoms with Crippen molar-refractivity contribution >= 4 is 21.6 Å². The van der Waals surface area contributed by atoms with E-state index in [0.29, 0.717) is 17.9 Å². The number of nitrogens with one attached hydrogen (secondary N) is 1. The van der Waals surface area contributed by atoms with Gasteiger partial charge in [-0.2, -0.15) is 0 Å². The van der Waals surface area contributed by atoms with E-state index in [1.54, 1.807) is 24.3 Å². The maximum Gasteiger partial charge on any atom is 0.241 e. The van der Waals surface area contributed by atoms with Gasteiger partial charge in [-0.1, -0.05) is 49.4 Å². The number of rotatable bonds is 8. The average Bonchev–Trinajstić information content (AvgIpc) is 2.64. The van der Waals surface area contributed by atoms with Crippen LogP contribution in [0.25, 0.3) is 0 Å². The third-order valence-electron chi connectivity index (χ3n) is 3.99. The molecule has 0 bridgehead atoms. The lowest BCUT2D eigenvalue weighted by molar-refractivity contribution is -0.120. The van der Waals surface area contributed by atoms with Gasteiger partial charge in [-0.25, -0.2) is 8.42 Å². The van der Waals surface area contributed by atoms with Crippen molar-refractivity contribution in [3.05, 3.63) is 60.2 Å². The number of amides is 1. The smallest absolute Gasteiger partial charge is 0.241 e. The molecule has 0 saturated carbocycles. The standard InChI is InChI=1S/C19H24N2O4S/c1-4-16(15-10-6-5-7-11-15)20-19(22)14-21(26(3,23)24)17-12-8-9-13-18(17)25-2/h5-13,16H,4,14H2,1-3H3,(H,20,22)/t16-/m0/s1. The Hall–Kier alpha value is -2.54. The first kappa shape index (κ1) is 19.8. The fourth-order valence-corrected chi connectivity index (χ4v) is 3.55. The van der Waals surface area contributed by atoms with Crippen molar-refractivity contribution in [2.24, 2.45) is 0 Å². The molecule has 2 aromatic rings. The van der Waals surface area contributed by atoms with Gasteiger partial charge in [0.2, 0.25) is 15.9 Å². The third-order valence-corrected chi connectivity index (χ3v) is 5.11. The summed E-state index contributed by atoms with van der Waals surface area (Å²) in [7, 11) is -2.20. The summed E-state index contributed by atoms with van der Waals surface area (Å²) >= 11 is 0. The molecule has 0 aliphatic carbocycles. The zero-order chi connectivity index (χ0) is 19.2. The maximum absolute atomic E-state index is 12.6. The molecule has 0 aliphatic heterocycles. The zero-order valence-corrected chi connectivity index (χ0v) is 16.0. The van der Waals surface area contributed by atoms with Gasteiger partial charge in [-0.3, -0.25) is 9.10 Å². The first-order chi connectivity index (χ1) is 12.4. The van der Waals surface area contributed by atoms with Crippen LogP contribution in [0.1, 0.15) is 24.9 Å². The monoisotopic (exact) mass is 376 g/mol. The molecule has 0 aliphatic rings. The molecule has 0 heterocycles. The summed E-state index contributed by atoms with van der Waals surface area (Å²) < 4.78 is 30.8. The van der Waals surface area contributed by atoms with Crippen LogP contribution in [-0.4, -0.2) is 34.2 Å². The quantitative estimate of drug-likeness (QED) is 0.769. The zero-order valence-electron chi connectivity index (χ0n) is 15.2. The molecule has 0 radical (unpaired) electrons. The summed E-state index contributed by atoms with van der Waals surface area (Å²) in [5, 5.41) is 2.91. The van der Waals surface area contributed by atoms with E-state index in [2.05, 4.69) is 5.32 Å². The second-order valence-electron chi connectivity index (χ2n) is 5.88. The number of nitrogens with zero attached hydrogens (tertiary/aromatic N) is 1. The van der Waals surface area contributed by atoms with Crippen LogP contribution in [0.3, 0.4) is 0 Å². The lowest BCUT2D eigenvalue weighted by Gasteiger charge is -2.25. The van der Waals surface area contributed by atoms with Gasteiger partial charge in [-0.05, 0) is 24.1 Å². The Morgan fingerprint density at radius 1 is 1.12 bits per heavy atom. The molecule has 0 unspecified atom stereocenters. The van der Waals surface area contributed by atoms with Crippen LogP contribution < -0.4 is 14.4 Å². The Kier molecular flexibility index (Phi) is 6.63. The summed E-state index contributed by atoms with van der Waals surface area (Å²) in [5.41, 5.74) is 1.31. The van der Waals surface area contributed by atoms with Gasteiger partial charge in [0.15, 0.2) is 0 Å². The topological polar surface area (TPSA) is 75.7 Å². The van der Waals surface area contributed by atoms with E-state index in [9.17, 15) is 13.2 Å². The van der Waals surface area contributed by atoms with Gasteiger partial charge in [0.1, 0.15) is 12.3 Å². The molecule has 140 valence electrons. The summed E-state index contributed by atoms with van der Waals surface area (Å²) in [6.07, 6.45) is 1.77. The molecular weight excluding hydrogens is 352 g/mol. The molecule has 0 saturated heterocycles. The number of para-hydroxylation sites is 2. The lowest BCUT2D eigenvalue weighted by Crippen LogP contribution is -2.41. The van der Waals surface area contributed by atoms with E-state index in [4.69, 9.17) is 4.74 Å². The highest BCUT2D eigenvalue weighted by Gasteiger charge is 2.24. The largest absolute Gasteiger partial charge is 0.495 e. The Morgan fingerprint density at radius 3 is 2.31 bits per heavy atom. The van der Waals surface area contributed by atoms with E-state index >= 15 is 0 Å². The van der Waals surface area contributed by atoms with Crippen molar-refractivity contribution in [2.45, 2.75) is 19.4 Å². The SMILES string of the molecule is CC[C@H](NC(=O)CN(c1ccccc1OC)S(C)(=O)=O)c1ccccc1. The Balaban J connectivity index is 2.22. The predicted octanol–water partition coefficient (Wildman–Crippen LogP) is 2.73. The molecule has 0 aromatic heterocycles. The minimum atomic E-state index is -3.66. The lowest BCUT2D eigenvalue weighted by atomic mass is 10.0. The van der Waals surface area contributed by atoms with Crippen molar-refractivity contribution in [2.75, 3.05) is 24.2 Å². The van der Waals surface area contributed by atoms with Crippen molar-refractivity contribution in [3.8, 4) is 5.75 Å². The Labute approximate surface area is 154 Å². The van der Waals surface area contributed by atoms with Crippen molar-refractivity contribution in [1.29, 1.82) is 0 Å². The molecule has 0 spiro atoms. The van der Waals surface area contributed by atoms with Crippen molar-refractivity contribution in [1.82, 2.24) is 5.32 Å². The summed E-state index contributed by atoms with van der Waals surface area (Å²) in [5.74, 6) is 0.0119. The molecule has 1 amide bonds. The fraction of sp³-hybridized carbons (Fsp3) is 0.316. The van der Waals surface area contributed by atoms with E-state index in [-0.39, 0.29) is 18.5 Å². The summed E-state index contributed by atoms with van der Waals surface area (Å²) in [6.45, 7) is 1.65. The number of sulfonamides is 1. The fourth-order valence-electron chi connectivity index (χ4n) is 2.69. The predicted molar refractivity (Wildman–Crippen MR) is 103 cm³/mol. The van der Waals surface area contributed by atoms with Crippen LogP contribution in [0.2, 0.25) is 0 Å². The molecule has 1 atom stereocenters. The van der Waals surface area contributed by atoms with E-state index in [1.807, 2.05) is 37.3 Å². The number of hydrogen-bond donors (Lipinski definition) is 1. The number of carbonyl (C=O) groups is 1. The highest BCUT2D eigenvalue weighted by Crippen LogP contribution is 2.29. The van der Waals surface area contributed by atoms with Gasteiger partial charge in [0.05, 0.1) is 25.1 Å². The molecule has 1 N–H and O–H groups in total. The highest BCUT2D eigenvalue weighted by molar-refractivity contribution is 7.92. The molecule has 2 rings (SSSR count). The van der Waals surface area contributed by atoms with Crippen molar-refractivity contribution < 1.29 is 17.9 Å². The maximum atomic E-state index is 12.6. The number of methoxy groups -OCH3 is 1. The average molecular weight is 376 g/mol. The van der Waals surface area contributed by atoms with Gasteiger partial charge in [0.25, 0.3) is 0 Å². The normalized spacial score (nSPS) is 12.3. The van der Waals surface area contributed by atoms with Gasteiger partial charge in [0, 0.05) is 0 Å². The Morgan fingerprint density at radius 2 is 1.73 bits per heavy atom. The summed E-state index contributed by atoms with van der Waals surface area (Å²) in [6, 6.07) is 16.1. The molecule has 2 aromatic carbocycles. The van der Waals surface area contributed by atoms with E-state index in [1.165, 1.54) is 7.11 Å². The third kappa shape index (κ3) is 4.98. The second kappa shape index (κ2) is 8.71. The van der Waals surface area contributed by atoms with Crippen LogP contribution >= 0.6 is 0 Å². The molecular formula is C19H24N2O4S. The van der Waals surface area contributed by atoms with Crippen LogP contribution in [0, 0.1) is 0 Å². The molecule has 6 nitrogen and oxygen atoms in total. The van der Waals surface area contributed by atoms with Gasteiger partial charge >= 0.3 is 0 Å². The number of carbonyl (C=O) groups excluding carboxylic acids is 1. The minimum Gasteiger partial charge on any atom is -0.495 e. The van der Waals surface area contributed by atoms with Crippen LogP contribution in [-0.2, 0) is 14.8 Å². The van der Waals surface area contributed by atoms with E-state index < -0.39 is 10.0 Å².